The van der Waals surface area contributed by atoms with Gasteiger partial charge in [-0.05, 0) is 31.0 Å². The Labute approximate surface area is 133 Å². The predicted molar refractivity (Wildman–Crippen MR) is 84.8 cm³/mol. The molecule has 1 aromatic carbocycles. The van der Waals surface area contributed by atoms with Crippen molar-refractivity contribution in [2.24, 2.45) is 5.92 Å². The van der Waals surface area contributed by atoms with Crippen LogP contribution in [0.1, 0.15) is 32.1 Å². The largest absolute Gasteiger partial charge is 0.339 e. The van der Waals surface area contributed by atoms with Crippen molar-refractivity contribution in [1.82, 2.24) is 4.90 Å². The first-order chi connectivity index (χ1) is 10.1. The Bertz CT molecular complexity index is 555. The summed E-state index contributed by atoms with van der Waals surface area (Å²) in [7, 11) is 0. The van der Waals surface area contributed by atoms with Gasteiger partial charge in [-0.3, -0.25) is 9.59 Å². The van der Waals surface area contributed by atoms with Crippen LogP contribution in [0.15, 0.2) is 28.7 Å². The summed E-state index contributed by atoms with van der Waals surface area (Å²) in [6, 6.07) is 7.87. The zero-order chi connectivity index (χ0) is 14.8. The summed E-state index contributed by atoms with van der Waals surface area (Å²) < 4.78 is 0.926. The van der Waals surface area contributed by atoms with Crippen molar-refractivity contribution in [2.75, 3.05) is 11.9 Å². The van der Waals surface area contributed by atoms with Gasteiger partial charge >= 0.3 is 0 Å². The van der Waals surface area contributed by atoms with E-state index in [1.165, 1.54) is 12.8 Å². The summed E-state index contributed by atoms with van der Waals surface area (Å²) in [5, 5.41) is 2.91. The molecule has 0 unspecified atom stereocenters. The summed E-state index contributed by atoms with van der Waals surface area (Å²) in [5.41, 5.74) is 0.765. The van der Waals surface area contributed by atoms with E-state index in [0.29, 0.717) is 19.0 Å². The molecule has 2 aliphatic rings. The van der Waals surface area contributed by atoms with Gasteiger partial charge in [-0.25, -0.2) is 0 Å². The highest BCUT2D eigenvalue weighted by Gasteiger charge is 2.38. The lowest BCUT2D eigenvalue weighted by Gasteiger charge is -2.23. The monoisotopic (exact) mass is 350 g/mol. The maximum Gasteiger partial charge on any atom is 0.229 e. The minimum absolute atomic E-state index is 0.0538. The molecule has 0 radical (unpaired) electrons. The van der Waals surface area contributed by atoms with E-state index >= 15 is 0 Å². The average Bonchev–Trinajstić information content (AvgIpc) is 3.07. The number of likely N-dealkylation sites (tertiary alicyclic amines) is 1. The number of hydrogen-bond acceptors (Lipinski definition) is 2. The van der Waals surface area contributed by atoms with Crippen LogP contribution in [0.4, 0.5) is 5.69 Å². The quantitative estimate of drug-likeness (QED) is 0.909. The molecule has 0 bridgehead atoms. The third kappa shape index (κ3) is 3.28. The van der Waals surface area contributed by atoms with E-state index in [4.69, 9.17) is 0 Å². The van der Waals surface area contributed by atoms with Crippen molar-refractivity contribution < 1.29 is 9.59 Å². The Morgan fingerprint density at radius 2 is 2.05 bits per heavy atom. The van der Waals surface area contributed by atoms with Gasteiger partial charge in [-0.15, -0.1) is 0 Å². The standard InChI is InChI=1S/C16H19BrN2O2/c17-12-4-3-5-13(9-12)18-16(21)11-8-15(20)19(10-11)14-6-1-2-7-14/h3-5,9,11,14H,1-2,6-8,10H2,(H,18,21)/t11-/m1/s1. The molecular formula is C16H19BrN2O2. The van der Waals surface area contributed by atoms with E-state index in [1.807, 2.05) is 29.2 Å². The maximum absolute atomic E-state index is 12.3. The van der Waals surface area contributed by atoms with Crippen LogP contribution in [0.2, 0.25) is 0 Å². The highest BCUT2D eigenvalue weighted by atomic mass is 79.9. The molecule has 0 spiro atoms. The maximum atomic E-state index is 12.3. The molecule has 2 amide bonds. The SMILES string of the molecule is O=C(Nc1cccc(Br)c1)[C@@H]1CC(=O)N(C2CCCC2)C1. The Balaban J connectivity index is 1.62. The van der Waals surface area contributed by atoms with E-state index < -0.39 is 0 Å². The summed E-state index contributed by atoms with van der Waals surface area (Å²) in [6.45, 7) is 0.573. The molecule has 1 N–H and O–H groups in total. The minimum Gasteiger partial charge on any atom is -0.339 e. The smallest absolute Gasteiger partial charge is 0.229 e. The minimum atomic E-state index is -0.225. The number of hydrogen-bond donors (Lipinski definition) is 1. The number of amides is 2. The summed E-state index contributed by atoms with van der Waals surface area (Å²) in [4.78, 5) is 26.4. The fraction of sp³-hybridized carbons (Fsp3) is 0.500. The lowest BCUT2D eigenvalue weighted by atomic mass is 10.1. The Hall–Kier alpha value is -1.36. The predicted octanol–water partition coefficient (Wildman–Crippen LogP) is 3.18. The van der Waals surface area contributed by atoms with E-state index in [-0.39, 0.29) is 17.7 Å². The van der Waals surface area contributed by atoms with Gasteiger partial charge in [0, 0.05) is 29.2 Å². The van der Waals surface area contributed by atoms with Gasteiger partial charge in [-0.1, -0.05) is 34.8 Å². The van der Waals surface area contributed by atoms with Crippen molar-refractivity contribution in [3.8, 4) is 0 Å². The molecule has 1 atom stereocenters. The number of carbonyl (C=O) groups is 2. The van der Waals surface area contributed by atoms with Crippen molar-refractivity contribution >= 4 is 33.4 Å². The molecule has 21 heavy (non-hydrogen) atoms. The Morgan fingerprint density at radius 3 is 2.76 bits per heavy atom. The van der Waals surface area contributed by atoms with Gasteiger partial charge in [0.25, 0.3) is 0 Å². The van der Waals surface area contributed by atoms with Gasteiger partial charge < -0.3 is 10.2 Å². The fourth-order valence-electron chi connectivity index (χ4n) is 3.29. The van der Waals surface area contributed by atoms with Gasteiger partial charge in [0.2, 0.25) is 11.8 Å². The first-order valence-electron chi connectivity index (χ1n) is 7.49. The third-order valence-electron chi connectivity index (χ3n) is 4.39. The average molecular weight is 351 g/mol. The number of nitrogens with zero attached hydrogens (tertiary/aromatic N) is 1. The van der Waals surface area contributed by atoms with E-state index in [2.05, 4.69) is 21.2 Å². The first-order valence-corrected chi connectivity index (χ1v) is 8.28. The molecular weight excluding hydrogens is 332 g/mol. The lowest BCUT2D eigenvalue weighted by molar-refractivity contribution is -0.129. The Kier molecular flexibility index (Phi) is 4.29. The van der Waals surface area contributed by atoms with Crippen molar-refractivity contribution in [2.45, 2.75) is 38.1 Å². The van der Waals surface area contributed by atoms with Crippen molar-refractivity contribution in [3.63, 3.8) is 0 Å². The van der Waals surface area contributed by atoms with E-state index in [9.17, 15) is 9.59 Å². The van der Waals surface area contributed by atoms with Crippen molar-refractivity contribution in [3.05, 3.63) is 28.7 Å². The van der Waals surface area contributed by atoms with Crippen LogP contribution in [0.5, 0.6) is 0 Å². The highest BCUT2D eigenvalue weighted by molar-refractivity contribution is 9.10. The van der Waals surface area contributed by atoms with E-state index in [0.717, 1.165) is 23.0 Å². The number of benzene rings is 1. The van der Waals surface area contributed by atoms with E-state index in [1.54, 1.807) is 0 Å². The number of carbonyl (C=O) groups excluding carboxylic acids is 2. The number of nitrogens with one attached hydrogen (secondary N) is 1. The molecule has 1 heterocycles. The number of anilines is 1. The summed E-state index contributed by atoms with van der Waals surface area (Å²) >= 11 is 3.39. The van der Waals surface area contributed by atoms with Crippen LogP contribution >= 0.6 is 15.9 Å². The highest BCUT2D eigenvalue weighted by Crippen LogP contribution is 2.30. The number of halogens is 1. The molecule has 4 nitrogen and oxygen atoms in total. The normalized spacial score (nSPS) is 22.8. The molecule has 1 aliphatic carbocycles. The van der Waals surface area contributed by atoms with Crippen LogP contribution in [0.3, 0.4) is 0 Å². The van der Waals surface area contributed by atoms with Crippen LogP contribution in [-0.4, -0.2) is 29.3 Å². The topological polar surface area (TPSA) is 49.4 Å². The van der Waals surface area contributed by atoms with Crippen LogP contribution in [0.25, 0.3) is 0 Å². The molecule has 2 fully saturated rings. The molecule has 1 aromatic rings. The Morgan fingerprint density at radius 1 is 1.29 bits per heavy atom. The van der Waals surface area contributed by atoms with Gasteiger partial charge in [0.05, 0.1) is 5.92 Å². The second-order valence-corrected chi connectivity index (χ2v) is 6.80. The first kappa shape index (κ1) is 14.6. The molecule has 1 saturated heterocycles. The second kappa shape index (κ2) is 6.18. The van der Waals surface area contributed by atoms with Gasteiger partial charge in [0.15, 0.2) is 0 Å². The molecule has 5 heteroatoms. The fourth-order valence-corrected chi connectivity index (χ4v) is 3.69. The van der Waals surface area contributed by atoms with Crippen LogP contribution in [-0.2, 0) is 9.59 Å². The zero-order valence-corrected chi connectivity index (χ0v) is 13.4. The van der Waals surface area contributed by atoms with Crippen molar-refractivity contribution in [1.29, 1.82) is 0 Å². The molecule has 3 rings (SSSR count). The number of rotatable bonds is 3. The van der Waals surface area contributed by atoms with Crippen LogP contribution < -0.4 is 5.32 Å². The lowest BCUT2D eigenvalue weighted by Crippen LogP contribution is -2.35. The third-order valence-corrected chi connectivity index (χ3v) is 4.88. The molecule has 0 aromatic heterocycles. The summed E-state index contributed by atoms with van der Waals surface area (Å²) in [6.07, 6.45) is 4.92. The molecule has 1 aliphatic heterocycles. The second-order valence-electron chi connectivity index (χ2n) is 5.89. The van der Waals surface area contributed by atoms with Gasteiger partial charge in [-0.2, -0.15) is 0 Å². The molecule has 1 saturated carbocycles. The molecule has 112 valence electrons. The van der Waals surface area contributed by atoms with Gasteiger partial charge in [0.1, 0.15) is 0 Å². The summed E-state index contributed by atoms with van der Waals surface area (Å²) in [5.74, 6) is -0.143. The van der Waals surface area contributed by atoms with Crippen LogP contribution in [0, 0.1) is 5.92 Å². The zero-order valence-electron chi connectivity index (χ0n) is 11.8.